The summed E-state index contributed by atoms with van der Waals surface area (Å²) >= 11 is 1.63. The van der Waals surface area contributed by atoms with E-state index in [2.05, 4.69) is 32.3 Å². The Kier molecular flexibility index (Phi) is 2.78. The zero-order valence-electron chi connectivity index (χ0n) is 11.4. The maximum Gasteiger partial charge on any atom is 0.186 e. The van der Waals surface area contributed by atoms with E-state index < -0.39 is 0 Å². The van der Waals surface area contributed by atoms with Crippen LogP contribution in [0.2, 0.25) is 0 Å². The van der Waals surface area contributed by atoms with Crippen molar-refractivity contribution in [1.29, 1.82) is 0 Å². The molecule has 1 atom stereocenters. The van der Waals surface area contributed by atoms with Crippen LogP contribution >= 0.6 is 11.3 Å². The van der Waals surface area contributed by atoms with E-state index in [1.807, 2.05) is 31.8 Å². The van der Waals surface area contributed by atoms with Gasteiger partial charge in [-0.2, -0.15) is 5.10 Å². The van der Waals surface area contributed by atoms with Gasteiger partial charge >= 0.3 is 0 Å². The van der Waals surface area contributed by atoms with Crippen molar-refractivity contribution in [3.8, 4) is 0 Å². The van der Waals surface area contributed by atoms with Gasteiger partial charge in [0.05, 0.1) is 16.4 Å². The Bertz CT molecular complexity index is 687. The molecule has 3 aromatic rings. The molecule has 19 heavy (non-hydrogen) atoms. The van der Waals surface area contributed by atoms with E-state index in [0.29, 0.717) is 0 Å². The third-order valence-electron chi connectivity index (χ3n) is 3.02. The first kappa shape index (κ1) is 12.2. The van der Waals surface area contributed by atoms with Crippen LogP contribution < -0.4 is 5.32 Å². The van der Waals surface area contributed by atoms with E-state index >= 15 is 0 Å². The number of aryl methyl sites for hydroxylation is 3. The monoisotopic (exact) mass is 276 g/mol. The predicted octanol–water partition coefficient (Wildman–Crippen LogP) is 2.54. The number of anilines is 1. The van der Waals surface area contributed by atoms with E-state index in [9.17, 15) is 0 Å². The Balaban J connectivity index is 1.87. The van der Waals surface area contributed by atoms with Gasteiger partial charge in [0.1, 0.15) is 5.82 Å². The number of hydrogen-bond acceptors (Lipinski definition) is 5. The minimum atomic E-state index is 0.0996. The number of nitrogens with zero attached hydrogens (tertiary/aromatic N) is 4. The van der Waals surface area contributed by atoms with Gasteiger partial charge in [0, 0.05) is 18.9 Å². The van der Waals surface area contributed by atoms with Crippen molar-refractivity contribution in [2.24, 2.45) is 7.05 Å². The number of thiazole rings is 1. The van der Waals surface area contributed by atoms with Crippen LogP contribution in [0.1, 0.15) is 30.2 Å². The molecule has 0 amide bonds. The SMILES string of the molecule is Cc1cnc(C(C)Nc2nc3c(s2)c(C)nn3C)[nH]1. The molecule has 0 saturated carbocycles. The molecule has 1 unspecified atom stereocenters. The lowest BCUT2D eigenvalue weighted by Crippen LogP contribution is -2.08. The molecule has 100 valence electrons. The second-order valence-electron chi connectivity index (χ2n) is 4.70. The highest BCUT2D eigenvalue weighted by atomic mass is 32.1. The number of nitrogens with one attached hydrogen (secondary N) is 2. The first-order valence-corrected chi connectivity index (χ1v) is 6.94. The van der Waals surface area contributed by atoms with Crippen LogP contribution in [0.15, 0.2) is 6.20 Å². The maximum atomic E-state index is 4.57. The van der Waals surface area contributed by atoms with Crippen molar-refractivity contribution in [2.75, 3.05) is 5.32 Å². The smallest absolute Gasteiger partial charge is 0.186 e. The summed E-state index contributed by atoms with van der Waals surface area (Å²) in [6.45, 7) is 6.06. The van der Waals surface area contributed by atoms with Crippen LogP contribution in [0.3, 0.4) is 0 Å². The van der Waals surface area contributed by atoms with Crippen LogP contribution in [0, 0.1) is 13.8 Å². The van der Waals surface area contributed by atoms with Gasteiger partial charge in [0.2, 0.25) is 0 Å². The van der Waals surface area contributed by atoms with Gasteiger partial charge in [-0.05, 0) is 20.8 Å². The molecule has 6 nitrogen and oxygen atoms in total. The van der Waals surface area contributed by atoms with Gasteiger partial charge in [0.25, 0.3) is 0 Å². The summed E-state index contributed by atoms with van der Waals surface area (Å²) in [6.07, 6.45) is 1.83. The van der Waals surface area contributed by atoms with Crippen LogP contribution in [0.25, 0.3) is 10.3 Å². The number of fused-ring (bicyclic) bond motifs is 1. The summed E-state index contributed by atoms with van der Waals surface area (Å²) in [6, 6.07) is 0.0996. The van der Waals surface area contributed by atoms with Gasteiger partial charge in [0.15, 0.2) is 10.8 Å². The Labute approximate surface area is 114 Å². The van der Waals surface area contributed by atoms with Crippen molar-refractivity contribution in [3.05, 3.63) is 23.4 Å². The molecule has 0 aliphatic carbocycles. The van der Waals surface area contributed by atoms with Gasteiger partial charge in [-0.15, -0.1) is 0 Å². The quantitative estimate of drug-likeness (QED) is 0.771. The molecule has 0 aliphatic rings. The van der Waals surface area contributed by atoms with E-state index in [0.717, 1.165) is 32.7 Å². The van der Waals surface area contributed by atoms with Crippen molar-refractivity contribution in [3.63, 3.8) is 0 Å². The van der Waals surface area contributed by atoms with Crippen LogP contribution in [0.5, 0.6) is 0 Å². The highest BCUT2D eigenvalue weighted by Crippen LogP contribution is 2.29. The highest BCUT2D eigenvalue weighted by Gasteiger charge is 2.15. The lowest BCUT2D eigenvalue weighted by atomic mass is 10.3. The fourth-order valence-corrected chi connectivity index (χ4v) is 3.07. The fraction of sp³-hybridized carbons (Fsp3) is 0.417. The molecular formula is C12H16N6S. The fourth-order valence-electron chi connectivity index (χ4n) is 2.05. The molecular weight excluding hydrogens is 260 g/mol. The zero-order chi connectivity index (χ0) is 13.6. The third-order valence-corrected chi connectivity index (χ3v) is 4.10. The van der Waals surface area contributed by atoms with Crippen molar-refractivity contribution in [2.45, 2.75) is 26.8 Å². The summed E-state index contributed by atoms with van der Waals surface area (Å²) in [5.41, 5.74) is 3.00. The third kappa shape index (κ3) is 2.10. The molecule has 3 heterocycles. The number of aromatic amines is 1. The molecule has 0 bridgehead atoms. The van der Waals surface area contributed by atoms with Crippen LogP contribution in [-0.2, 0) is 7.05 Å². The van der Waals surface area contributed by atoms with E-state index in [-0.39, 0.29) is 6.04 Å². The molecule has 3 aromatic heterocycles. The summed E-state index contributed by atoms with van der Waals surface area (Å²) in [7, 11) is 1.91. The Morgan fingerprint density at radius 2 is 2.21 bits per heavy atom. The van der Waals surface area contributed by atoms with Crippen molar-refractivity contribution < 1.29 is 0 Å². The Morgan fingerprint density at radius 1 is 1.42 bits per heavy atom. The zero-order valence-corrected chi connectivity index (χ0v) is 12.2. The largest absolute Gasteiger partial charge is 0.352 e. The summed E-state index contributed by atoms with van der Waals surface area (Å²) < 4.78 is 2.95. The van der Waals surface area contributed by atoms with Crippen molar-refractivity contribution in [1.82, 2.24) is 24.7 Å². The van der Waals surface area contributed by atoms with Crippen LogP contribution in [0.4, 0.5) is 5.13 Å². The lowest BCUT2D eigenvalue weighted by molar-refractivity contribution is 0.771. The number of rotatable bonds is 3. The average Bonchev–Trinajstić information content (AvgIpc) is 3.00. The first-order valence-electron chi connectivity index (χ1n) is 6.13. The van der Waals surface area contributed by atoms with E-state index in [1.54, 1.807) is 11.3 Å². The first-order chi connectivity index (χ1) is 9.04. The minimum absolute atomic E-state index is 0.0996. The maximum absolute atomic E-state index is 4.57. The normalized spacial score (nSPS) is 13.1. The summed E-state index contributed by atoms with van der Waals surface area (Å²) in [5.74, 6) is 0.923. The average molecular weight is 276 g/mol. The number of H-pyrrole nitrogens is 1. The number of hydrogen-bond donors (Lipinski definition) is 2. The predicted molar refractivity (Wildman–Crippen MR) is 76.5 cm³/mol. The number of aromatic nitrogens is 5. The second kappa shape index (κ2) is 4.34. The molecule has 0 aromatic carbocycles. The lowest BCUT2D eigenvalue weighted by Gasteiger charge is -2.09. The standard InChI is InChI=1S/C12H16N6S/c1-6-5-13-10(14-6)8(3)15-12-16-11-9(19-12)7(2)17-18(11)4/h5,8H,1-4H3,(H,13,14)(H,15,16). The Morgan fingerprint density at radius 3 is 2.84 bits per heavy atom. The minimum Gasteiger partial charge on any atom is -0.352 e. The highest BCUT2D eigenvalue weighted by molar-refractivity contribution is 7.22. The molecule has 2 N–H and O–H groups in total. The molecule has 0 saturated heterocycles. The number of imidazole rings is 1. The summed E-state index contributed by atoms with van der Waals surface area (Å²) in [4.78, 5) is 12.1. The molecule has 7 heteroatoms. The molecule has 0 spiro atoms. The van der Waals surface area contributed by atoms with Gasteiger partial charge < -0.3 is 10.3 Å². The molecule has 0 aliphatic heterocycles. The van der Waals surface area contributed by atoms with Crippen molar-refractivity contribution >= 4 is 26.8 Å². The molecule has 0 radical (unpaired) electrons. The molecule has 0 fully saturated rings. The topological polar surface area (TPSA) is 71.4 Å². The van der Waals surface area contributed by atoms with Gasteiger partial charge in [-0.1, -0.05) is 11.3 Å². The van der Waals surface area contributed by atoms with Gasteiger partial charge in [-0.25, -0.2) is 14.6 Å². The van der Waals surface area contributed by atoms with E-state index in [1.165, 1.54) is 0 Å². The molecule has 3 rings (SSSR count). The Hall–Kier alpha value is -1.89. The summed E-state index contributed by atoms with van der Waals surface area (Å²) in [5, 5.41) is 8.62. The van der Waals surface area contributed by atoms with Crippen LogP contribution in [-0.4, -0.2) is 24.7 Å². The van der Waals surface area contributed by atoms with E-state index in [4.69, 9.17) is 0 Å². The van der Waals surface area contributed by atoms with Gasteiger partial charge in [-0.3, -0.25) is 0 Å². The second-order valence-corrected chi connectivity index (χ2v) is 5.70.